The smallest absolute Gasteiger partial charge is 0.318 e. The lowest BCUT2D eigenvalue weighted by Crippen LogP contribution is -2.45. The van der Waals surface area contributed by atoms with Crippen LogP contribution in [0.25, 0.3) is 0 Å². The van der Waals surface area contributed by atoms with Gasteiger partial charge in [-0.3, -0.25) is 14.9 Å². The minimum Gasteiger partial charge on any atom is -0.452 e. The van der Waals surface area contributed by atoms with E-state index in [1.54, 1.807) is 13.8 Å². The van der Waals surface area contributed by atoms with Crippen LogP contribution in [0.5, 0.6) is 0 Å². The monoisotopic (exact) mass is 338 g/mol. The van der Waals surface area contributed by atoms with Gasteiger partial charge in [0, 0.05) is 10.6 Å². The molecule has 0 heterocycles. The van der Waals surface area contributed by atoms with E-state index in [1.165, 1.54) is 17.3 Å². The number of primary amides is 1. The van der Waals surface area contributed by atoms with E-state index < -0.39 is 24.0 Å². The zero-order chi connectivity index (χ0) is 17.4. The first-order chi connectivity index (χ1) is 10.8. The standard InChI is InChI=1S/C16H22N2O4S/c1-10(2)14(15(20)18-16(17)21)22-13(19)8-9-23-12-6-4-11(3)5-7-12/h4-7,10,14H,8-9H2,1-3H3,(H3,17,18,20,21)/t14-/m0/s1. The van der Waals surface area contributed by atoms with E-state index in [4.69, 9.17) is 10.5 Å². The minimum absolute atomic E-state index is 0.172. The number of amides is 3. The fourth-order valence-electron chi connectivity index (χ4n) is 1.77. The molecule has 126 valence electrons. The first-order valence-corrected chi connectivity index (χ1v) is 8.27. The van der Waals surface area contributed by atoms with Crippen LogP contribution in [0.4, 0.5) is 4.79 Å². The molecule has 23 heavy (non-hydrogen) atoms. The largest absolute Gasteiger partial charge is 0.452 e. The molecule has 0 saturated carbocycles. The van der Waals surface area contributed by atoms with Gasteiger partial charge in [0.2, 0.25) is 0 Å². The number of rotatable bonds is 7. The molecule has 1 aromatic carbocycles. The molecule has 0 saturated heterocycles. The normalized spacial score (nSPS) is 11.8. The second-order valence-electron chi connectivity index (χ2n) is 5.42. The fraction of sp³-hybridized carbons (Fsp3) is 0.438. The fourth-order valence-corrected chi connectivity index (χ4v) is 2.61. The first kappa shape index (κ1) is 19.0. The Kier molecular flexibility index (Phi) is 7.61. The van der Waals surface area contributed by atoms with Gasteiger partial charge in [-0.05, 0) is 25.0 Å². The summed E-state index contributed by atoms with van der Waals surface area (Å²) in [5, 5.41) is 1.93. The molecular formula is C16H22N2O4S. The van der Waals surface area contributed by atoms with Crippen molar-refractivity contribution in [3.8, 4) is 0 Å². The lowest BCUT2D eigenvalue weighted by Gasteiger charge is -2.19. The molecule has 7 heteroatoms. The number of hydrogen-bond acceptors (Lipinski definition) is 5. The number of carbonyl (C=O) groups is 3. The van der Waals surface area contributed by atoms with Crippen LogP contribution >= 0.6 is 11.8 Å². The van der Waals surface area contributed by atoms with E-state index in [-0.39, 0.29) is 12.3 Å². The summed E-state index contributed by atoms with van der Waals surface area (Å²) < 4.78 is 5.16. The lowest BCUT2D eigenvalue weighted by atomic mass is 10.1. The van der Waals surface area contributed by atoms with Crippen molar-refractivity contribution in [2.75, 3.05) is 5.75 Å². The predicted octanol–water partition coefficient (Wildman–Crippen LogP) is 2.24. The second-order valence-corrected chi connectivity index (χ2v) is 6.59. The Morgan fingerprint density at radius 3 is 2.35 bits per heavy atom. The van der Waals surface area contributed by atoms with Crippen LogP contribution in [-0.4, -0.2) is 29.8 Å². The highest BCUT2D eigenvalue weighted by molar-refractivity contribution is 7.99. The van der Waals surface area contributed by atoms with E-state index in [2.05, 4.69) is 0 Å². The average molecular weight is 338 g/mol. The molecule has 3 N–H and O–H groups in total. The summed E-state index contributed by atoms with van der Waals surface area (Å²) in [7, 11) is 0. The number of aryl methyl sites for hydroxylation is 1. The molecule has 0 fully saturated rings. The van der Waals surface area contributed by atoms with Crippen molar-refractivity contribution < 1.29 is 19.1 Å². The van der Waals surface area contributed by atoms with E-state index in [0.29, 0.717) is 5.75 Å². The number of ether oxygens (including phenoxy) is 1. The van der Waals surface area contributed by atoms with Crippen LogP contribution in [0.3, 0.4) is 0 Å². The van der Waals surface area contributed by atoms with Crippen molar-refractivity contribution in [1.29, 1.82) is 0 Å². The molecule has 6 nitrogen and oxygen atoms in total. The Hall–Kier alpha value is -2.02. The highest BCUT2D eigenvalue weighted by Gasteiger charge is 2.27. The maximum atomic E-state index is 11.9. The Labute approximate surface area is 140 Å². The number of nitrogens with one attached hydrogen (secondary N) is 1. The van der Waals surface area contributed by atoms with E-state index in [0.717, 1.165) is 4.90 Å². The number of hydrogen-bond donors (Lipinski definition) is 2. The Bertz CT molecular complexity index is 558. The maximum absolute atomic E-state index is 11.9. The zero-order valence-corrected chi connectivity index (χ0v) is 14.3. The summed E-state index contributed by atoms with van der Waals surface area (Å²) in [6, 6.07) is 7.02. The SMILES string of the molecule is Cc1ccc(SCCC(=O)O[C@H](C(=O)NC(N)=O)C(C)C)cc1. The van der Waals surface area contributed by atoms with Gasteiger partial charge in [-0.2, -0.15) is 0 Å². The number of nitrogens with two attached hydrogens (primary N) is 1. The number of thioether (sulfide) groups is 1. The van der Waals surface area contributed by atoms with Crippen LogP contribution in [-0.2, 0) is 14.3 Å². The maximum Gasteiger partial charge on any atom is 0.318 e. The molecule has 0 aliphatic rings. The molecule has 1 aromatic rings. The van der Waals surface area contributed by atoms with E-state index in [1.807, 2.05) is 36.5 Å². The first-order valence-electron chi connectivity index (χ1n) is 7.29. The molecule has 0 bridgehead atoms. The van der Waals surface area contributed by atoms with Gasteiger partial charge in [0.15, 0.2) is 6.10 Å². The number of benzene rings is 1. The summed E-state index contributed by atoms with van der Waals surface area (Å²) in [4.78, 5) is 35.4. The van der Waals surface area contributed by atoms with Crippen LogP contribution < -0.4 is 11.1 Å². The molecule has 3 amide bonds. The summed E-state index contributed by atoms with van der Waals surface area (Å²) in [6.45, 7) is 5.45. The van der Waals surface area contributed by atoms with Crippen LogP contribution in [0.15, 0.2) is 29.2 Å². The third-order valence-corrected chi connectivity index (χ3v) is 3.98. The number of imide groups is 1. The molecule has 0 unspecified atom stereocenters. The average Bonchev–Trinajstić information content (AvgIpc) is 2.45. The van der Waals surface area contributed by atoms with Crippen molar-refractivity contribution in [2.45, 2.75) is 38.2 Å². The van der Waals surface area contributed by atoms with Gasteiger partial charge in [-0.1, -0.05) is 31.5 Å². The Balaban J connectivity index is 2.44. The number of carbonyl (C=O) groups excluding carboxylic acids is 3. The van der Waals surface area contributed by atoms with Gasteiger partial charge < -0.3 is 10.5 Å². The third-order valence-electron chi connectivity index (χ3n) is 2.96. The highest BCUT2D eigenvalue weighted by Crippen LogP contribution is 2.19. The molecule has 0 spiro atoms. The van der Waals surface area contributed by atoms with Crippen LogP contribution in [0.1, 0.15) is 25.8 Å². The second kappa shape index (κ2) is 9.19. The molecular weight excluding hydrogens is 316 g/mol. The van der Waals surface area contributed by atoms with Gasteiger partial charge >= 0.3 is 12.0 Å². The molecule has 1 atom stereocenters. The van der Waals surface area contributed by atoms with E-state index in [9.17, 15) is 14.4 Å². The van der Waals surface area contributed by atoms with Crippen molar-refractivity contribution in [3.63, 3.8) is 0 Å². The van der Waals surface area contributed by atoms with Gasteiger partial charge in [-0.25, -0.2) is 4.79 Å². The van der Waals surface area contributed by atoms with Crippen LogP contribution in [0, 0.1) is 12.8 Å². The zero-order valence-electron chi connectivity index (χ0n) is 13.5. The molecule has 0 radical (unpaired) electrons. The van der Waals surface area contributed by atoms with Crippen molar-refractivity contribution in [3.05, 3.63) is 29.8 Å². The Morgan fingerprint density at radius 2 is 1.83 bits per heavy atom. The van der Waals surface area contributed by atoms with Crippen molar-refractivity contribution >= 4 is 29.7 Å². The number of urea groups is 1. The van der Waals surface area contributed by atoms with E-state index >= 15 is 0 Å². The summed E-state index contributed by atoms with van der Waals surface area (Å²) in [6.07, 6.45) is -0.856. The molecule has 0 aliphatic heterocycles. The van der Waals surface area contributed by atoms with Crippen LogP contribution in [0.2, 0.25) is 0 Å². The lowest BCUT2D eigenvalue weighted by molar-refractivity contribution is -0.157. The predicted molar refractivity (Wildman–Crippen MR) is 89.0 cm³/mol. The minimum atomic E-state index is -1.03. The summed E-state index contributed by atoms with van der Waals surface area (Å²) in [5.41, 5.74) is 6.08. The number of esters is 1. The molecule has 0 aromatic heterocycles. The highest BCUT2D eigenvalue weighted by atomic mass is 32.2. The quantitative estimate of drug-likeness (QED) is 0.587. The van der Waals surface area contributed by atoms with Gasteiger partial charge in [0.25, 0.3) is 5.91 Å². The Morgan fingerprint density at radius 1 is 1.22 bits per heavy atom. The van der Waals surface area contributed by atoms with Gasteiger partial charge in [0.05, 0.1) is 6.42 Å². The third kappa shape index (κ3) is 7.19. The topological polar surface area (TPSA) is 98.5 Å². The van der Waals surface area contributed by atoms with Gasteiger partial charge in [0.1, 0.15) is 0 Å². The molecule has 1 rings (SSSR count). The van der Waals surface area contributed by atoms with Crippen molar-refractivity contribution in [2.24, 2.45) is 11.7 Å². The summed E-state index contributed by atoms with van der Waals surface area (Å²) in [5.74, 6) is -0.900. The van der Waals surface area contributed by atoms with Crippen molar-refractivity contribution in [1.82, 2.24) is 5.32 Å². The molecule has 0 aliphatic carbocycles. The van der Waals surface area contributed by atoms with Gasteiger partial charge in [-0.15, -0.1) is 11.8 Å². The summed E-state index contributed by atoms with van der Waals surface area (Å²) >= 11 is 1.54.